The molecule has 118 valence electrons. The second-order valence-corrected chi connectivity index (χ2v) is 5.80. The number of benzene rings is 1. The highest BCUT2D eigenvalue weighted by Gasteiger charge is 2.11. The van der Waals surface area contributed by atoms with Gasteiger partial charge in [-0.3, -0.25) is 4.98 Å². The lowest BCUT2D eigenvalue weighted by molar-refractivity contribution is 0.325. The Balaban J connectivity index is 1.57. The van der Waals surface area contributed by atoms with Crippen molar-refractivity contribution >= 4 is 11.8 Å². The Kier molecular flexibility index (Phi) is 4.87. The molecule has 0 radical (unpaired) electrons. The molecule has 5 nitrogen and oxygen atoms in total. The number of ether oxygens (including phenoxy) is 1. The Morgan fingerprint density at radius 1 is 1.17 bits per heavy atom. The molecule has 0 spiro atoms. The Morgan fingerprint density at radius 2 is 2.04 bits per heavy atom. The average Bonchev–Trinajstić information content (AvgIpc) is 2.95. The SMILES string of the molecule is Cn1c(SCCOc2ccccc2F)nnc1-c1cccnc1. The van der Waals surface area contributed by atoms with Crippen molar-refractivity contribution < 1.29 is 9.13 Å². The van der Waals surface area contributed by atoms with E-state index in [4.69, 9.17) is 4.74 Å². The normalized spacial score (nSPS) is 10.7. The third-order valence-corrected chi connectivity index (χ3v) is 4.15. The first-order valence-corrected chi connectivity index (χ1v) is 8.04. The van der Waals surface area contributed by atoms with Crippen molar-refractivity contribution in [1.29, 1.82) is 0 Å². The van der Waals surface area contributed by atoms with Crippen molar-refractivity contribution in [3.05, 3.63) is 54.6 Å². The van der Waals surface area contributed by atoms with Crippen LogP contribution in [0.25, 0.3) is 11.4 Å². The third kappa shape index (κ3) is 3.68. The lowest BCUT2D eigenvalue weighted by atomic mass is 10.3. The van der Waals surface area contributed by atoms with Crippen molar-refractivity contribution in [2.45, 2.75) is 5.16 Å². The monoisotopic (exact) mass is 330 g/mol. The molecule has 2 aromatic heterocycles. The van der Waals surface area contributed by atoms with Crippen molar-refractivity contribution in [2.24, 2.45) is 7.05 Å². The second kappa shape index (κ2) is 7.23. The van der Waals surface area contributed by atoms with Crippen LogP contribution in [0.2, 0.25) is 0 Å². The minimum absolute atomic E-state index is 0.266. The molecule has 0 unspecified atom stereocenters. The molecule has 7 heteroatoms. The highest BCUT2D eigenvalue weighted by atomic mass is 32.2. The lowest BCUT2D eigenvalue weighted by Crippen LogP contribution is -2.03. The van der Waals surface area contributed by atoms with Crippen LogP contribution in [-0.2, 0) is 7.05 Å². The molecule has 2 heterocycles. The van der Waals surface area contributed by atoms with E-state index >= 15 is 0 Å². The molecule has 1 aromatic carbocycles. The van der Waals surface area contributed by atoms with E-state index in [9.17, 15) is 4.39 Å². The van der Waals surface area contributed by atoms with Crippen molar-refractivity contribution in [1.82, 2.24) is 19.7 Å². The van der Waals surface area contributed by atoms with E-state index in [-0.39, 0.29) is 11.6 Å². The summed E-state index contributed by atoms with van der Waals surface area (Å²) in [4.78, 5) is 4.09. The van der Waals surface area contributed by atoms with Gasteiger partial charge in [0.2, 0.25) is 0 Å². The van der Waals surface area contributed by atoms with Gasteiger partial charge in [-0.15, -0.1) is 10.2 Å². The Hall–Kier alpha value is -2.41. The van der Waals surface area contributed by atoms with Crippen molar-refractivity contribution in [3.8, 4) is 17.1 Å². The molecule has 0 aliphatic rings. The Bertz CT molecular complexity index is 779. The molecular formula is C16H15FN4OS. The van der Waals surface area contributed by atoms with Gasteiger partial charge in [0.1, 0.15) is 0 Å². The van der Waals surface area contributed by atoms with Gasteiger partial charge in [0.05, 0.1) is 6.61 Å². The summed E-state index contributed by atoms with van der Waals surface area (Å²) in [5.74, 6) is 1.32. The molecule has 0 saturated carbocycles. The second-order valence-electron chi connectivity index (χ2n) is 4.73. The smallest absolute Gasteiger partial charge is 0.191 e. The largest absolute Gasteiger partial charge is 0.490 e. The summed E-state index contributed by atoms with van der Waals surface area (Å²) in [7, 11) is 1.91. The summed E-state index contributed by atoms with van der Waals surface area (Å²) in [5, 5.41) is 9.14. The first-order valence-electron chi connectivity index (χ1n) is 7.05. The minimum Gasteiger partial charge on any atom is -0.490 e. The summed E-state index contributed by atoms with van der Waals surface area (Å²) in [6, 6.07) is 10.2. The standard InChI is InChI=1S/C16H15FN4OS/c1-21-15(12-5-4-8-18-11-12)19-20-16(21)23-10-9-22-14-7-3-2-6-13(14)17/h2-8,11H,9-10H2,1H3. The quantitative estimate of drug-likeness (QED) is 0.513. The summed E-state index contributed by atoms with van der Waals surface area (Å²) in [6.07, 6.45) is 3.47. The van der Waals surface area contributed by atoms with Gasteiger partial charge in [0, 0.05) is 30.8 Å². The first kappa shape index (κ1) is 15.5. The van der Waals surface area contributed by atoms with Crippen molar-refractivity contribution in [2.75, 3.05) is 12.4 Å². The molecule has 0 aliphatic carbocycles. The van der Waals surface area contributed by atoms with Crippen molar-refractivity contribution in [3.63, 3.8) is 0 Å². The van der Waals surface area contributed by atoms with Gasteiger partial charge < -0.3 is 9.30 Å². The van der Waals surface area contributed by atoms with Crippen LogP contribution in [0.15, 0.2) is 53.9 Å². The first-order chi connectivity index (χ1) is 11.3. The topological polar surface area (TPSA) is 52.8 Å². The fourth-order valence-corrected chi connectivity index (χ4v) is 2.76. The lowest BCUT2D eigenvalue weighted by Gasteiger charge is -2.07. The van der Waals surface area contributed by atoms with Gasteiger partial charge in [-0.2, -0.15) is 0 Å². The van der Waals surface area contributed by atoms with Gasteiger partial charge in [-0.25, -0.2) is 4.39 Å². The molecule has 3 aromatic rings. The number of nitrogens with zero attached hydrogens (tertiary/aromatic N) is 4. The maximum atomic E-state index is 13.4. The molecule has 0 saturated heterocycles. The number of pyridine rings is 1. The number of para-hydroxylation sites is 1. The fraction of sp³-hybridized carbons (Fsp3) is 0.188. The predicted molar refractivity (Wildman–Crippen MR) is 86.9 cm³/mol. The molecule has 0 aliphatic heterocycles. The summed E-state index contributed by atoms with van der Waals surface area (Å²) in [5.41, 5.74) is 0.914. The van der Waals surface area contributed by atoms with Crippen LogP contribution in [0.4, 0.5) is 4.39 Å². The van der Waals surface area contributed by atoms with Crippen LogP contribution in [-0.4, -0.2) is 32.1 Å². The van der Waals surface area contributed by atoms with E-state index in [1.165, 1.54) is 17.8 Å². The van der Waals surface area contributed by atoms with Crippen LogP contribution in [0.5, 0.6) is 5.75 Å². The molecular weight excluding hydrogens is 315 g/mol. The predicted octanol–water partition coefficient (Wildman–Crippen LogP) is 3.19. The number of thioether (sulfide) groups is 1. The zero-order valence-electron chi connectivity index (χ0n) is 12.5. The van der Waals surface area contributed by atoms with Crippen LogP contribution in [0.1, 0.15) is 0 Å². The van der Waals surface area contributed by atoms with E-state index in [1.54, 1.807) is 30.6 Å². The van der Waals surface area contributed by atoms with Gasteiger partial charge in [-0.05, 0) is 24.3 Å². The Labute approximate surface area is 137 Å². The fourth-order valence-electron chi connectivity index (χ4n) is 2.03. The van der Waals surface area contributed by atoms with Gasteiger partial charge in [0.15, 0.2) is 22.5 Å². The zero-order valence-corrected chi connectivity index (χ0v) is 13.3. The average molecular weight is 330 g/mol. The van der Waals surface area contributed by atoms with Crippen LogP contribution in [0.3, 0.4) is 0 Å². The van der Waals surface area contributed by atoms with E-state index < -0.39 is 0 Å². The number of aromatic nitrogens is 4. The highest BCUT2D eigenvalue weighted by Crippen LogP contribution is 2.22. The number of hydrogen-bond donors (Lipinski definition) is 0. The molecule has 0 N–H and O–H groups in total. The summed E-state index contributed by atoms with van der Waals surface area (Å²) >= 11 is 1.51. The number of hydrogen-bond acceptors (Lipinski definition) is 5. The van der Waals surface area contributed by atoms with E-state index in [0.717, 1.165) is 16.5 Å². The zero-order chi connectivity index (χ0) is 16.1. The maximum absolute atomic E-state index is 13.4. The number of halogens is 1. The van der Waals surface area contributed by atoms with Crippen LogP contribution < -0.4 is 4.74 Å². The minimum atomic E-state index is -0.352. The Morgan fingerprint density at radius 3 is 2.83 bits per heavy atom. The van der Waals surface area contributed by atoms with E-state index in [0.29, 0.717) is 12.4 Å². The number of rotatable bonds is 6. The summed E-state index contributed by atoms with van der Waals surface area (Å²) < 4.78 is 20.8. The molecule has 0 amide bonds. The third-order valence-electron chi connectivity index (χ3n) is 3.16. The van der Waals surface area contributed by atoms with E-state index in [1.807, 2.05) is 23.7 Å². The van der Waals surface area contributed by atoms with Crippen LogP contribution in [0, 0.1) is 5.82 Å². The maximum Gasteiger partial charge on any atom is 0.191 e. The molecule has 23 heavy (non-hydrogen) atoms. The molecule has 0 bridgehead atoms. The molecule has 0 atom stereocenters. The highest BCUT2D eigenvalue weighted by molar-refractivity contribution is 7.99. The van der Waals surface area contributed by atoms with Crippen LogP contribution >= 0.6 is 11.8 Å². The van der Waals surface area contributed by atoms with Gasteiger partial charge >= 0.3 is 0 Å². The van der Waals surface area contributed by atoms with Gasteiger partial charge in [-0.1, -0.05) is 23.9 Å². The molecule has 0 fully saturated rings. The molecule has 3 rings (SSSR count). The van der Waals surface area contributed by atoms with E-state index in [2.05, 4.69) is 15.2 Å². The summed E-state index contributed by atoms with van der Waals surface area (Å²) in [6.45, 7) is 0.390. The van der Waals surface area contributed by atoms with Gasteiger partial charge in [0.25, 0.3) is 0 Å².